The van der Waals surface area contributed by atoms with Crippen LogP contribution in [-0.2, 0) is 4.79 Å². The number of carbonyl (C=O) groups is 1. The largest absolute Gasteiger partial charge is 0.491 e. The number of benzene rings is 2. The maximum absolute atomic E-state index is 12.2. The summed E-state index contributed by atoms with van der Waals surface area (Å²) in [7, 11) is 0. The smallest absolute Gasteiger partial charge is 0.265 e. The van der Waals surface area contributed by atoms with E-state index in [0.29, 0.717) is 16.5 Å². The molecule has 2 aromatic rings. The summed E-state index contributed by atoms with van der Waals surface area (Å²) in [6.45, 7) is 5.62. The Hall–Kier alpha value is -2.20. The summed E-state index contributed by atoms with van der Waals surface area (Å²) in [5, 5.41) is 3.43. The molecule has 4 nitrogen and oxygen atoms in total. The molecule has 0 aliphatic carbocycles. The van der Waals surface area contributed by atoms with Crippen LogP contribution in [-0.4, -0.2) is 18.1 Å². The first-order valence-corrected chi connectivity index (χ1v) is 7.81. The average molecular weight is 334 g/mol. The molecule has 0 heterocycles. The number of amides is 1. The van der Waals surface area contributed by atoms with Gasteiger partial charge >= 0.3 is 0 Å². The van der Waals surface area contributed by atoms with Crippen molar-refractivity contribution in [2.75, 3.05) is 5.32 Å². The summed E-state index contributed by atoms with van der Waals surface area (Å²) in [5.41, 5.74) is 0.692. The van der Waals surface area contributed by atoms with Crippen LogP contribution in [0.1, 0.15) is 20.8 Å². The van der Waals surface area contributed by atoms with Crippen LogP contribution >= 0.6 is 11.6 Å². The Kier molecular flexibility index (Phi) is 5.88. The van der Waals surface area contributed by atoms with Gasteiger partial charge in [-0.2, -0.15) is 0 Å². The molecule has 23 heavy (non-hydrogen) atoms. The quantitative estimate of drug-likeness (QED) is 0.844. The molecular formula is C18H20ClNO3. The second-order valence-corrected chi connectivity index (χ2v) is 5.83. The second-order valence-electron chi connectivity index (χ2n) is 5.39. The molecule has 0 saturated carbocycles. The first-order chi connectivity index (χ1) is 10.9. The zero-order chi connectivity index (χ0) is 16.8. The summed E-state index contributed by atoms with van der Waals surface area (Å²) in [6, 6.07) is 14.1. The highest BCUT2D eigenvalue weighted by molar-refractivity contribution is 6.30. The number of carbonyl (C=O) groups excluding carboxylic acids is 1. The Labute approximate surface area is 141 Å². The fraction of sp³-hybridized carbons (Fsp3) is 0.278. The molecule has 5 heteroatoms. The number of ether oxygens (including phenoxy) is 2. The minimum Gasteiger partial charge on any atom is -0.491 e. The highest BCUT2D eigenvalue weighted by atomic mass is 35.5. The Morgan fingerprint density at radius 3 is 2.00 bits per heavy atom. The van der Waals surface area contributed by atoms with Gasteiger partial charge in [0.15, 0.2) is 6.10 Å². The molecule has 0 unspecified atom stereocenters. The highest BCUT2D eigenvalue weighted by Gasteiger charge is 2.15. The monoisotopic (exact) mass is 333 g/mol. The van der Waals surface area contributed by atoms with Gasteiger partial charge in [0, 0.05) is 10.7 Å². The Bertz CT molecular complexity index is 638. The minimum atomic E-state index is -0.622. The minimum absolute atomic E-state index is 0.114. The predicted molar refractivity (Wildman–Crippen MR) is 92.4 cm³/mol. The second kappa shape index (κ2) is 7.88. The van der Waals surface area contributed by atoms with E-state index in [1.165, 1.54) is 0 Å². The van der Waals surface area contributed by atoms with Crippen molar-refractivity contribution < 1.29 is 14.3 Å². The van der Waals surface area contributed by atoms with Crippen LogP contribution < -0.4 is 14.8 Å². The zero-order valence-corrected chi connectivity index (χ0v) is 14.1. The highest BCUT2D eigenvalue weighted by Crippen LogP contribution is 2.19. The van der Waals surface area contributed by atoms with E-state index in [0.717, 1.165) is 5.75 Å². The van der Waals surface area contributed by atoms with Gasteiger partial charge in [-0.1, -0.05) is 11.6 Å². The maximum atomic E-state index is 12.2. The van der Waals surface area contributed by atoms with Crippen molar-refractivity contribution in [3.63, 3.8) is 0 Å². The normalized spacial score (nSPS) is 11.9. The fourth-order valence-electron chi connectivity index (χ4n) is 1.90. The Morgan fingerprint density at radius 2 is 1.43 bits per heavy atom. The summed E-state index contributed by atoms with van der Waals surface area (Å²) < 4.78 is 11.1. The number of nitrogens with one attached hydrogen (secondary N) is 1. The van der Waals surface area contributed by atoms with Gasteiger partial charge in [-0.25, -0.2) is 0 Å². The number of halogens is 1. The molecule has 2 rings (SSSR count). The van der Waals surface area contributed by atoms with E-state index in [-0.39, 0.29) is 12.0 Å². The molecule has 1 amide bonds. The van der Waals surface area contributed by atoms with Crippen LogP contribution in [0.2, 0.25) is 5.02 Å². The van der Waals surface area contributed by atoms with Crippen molar-refractivity contribution in [2.45, 2.75) is 33.0 Å². The maximum Gasteiger partial charge on any atom is 0.265 e. The van der Waals surface area contributed by atoms with E-state index in [9.17, 15) is 4.79 Å². The van der Waals surface area contributed by atoms with Gasteiger partial charge in [-0.3, -0.25) is 4.79 Å². The average Bonchev–Trinajstić information content (AvgIpc) is 2.51. The Morgan fingerprint density at radius 1 is 0.913 bits per heavy atom. The number of anilines is 1. The summed E-state index contributed by atoms with van der Waals surface area (Å²) in [5.74, 6) is 1.14. The molecule has 1 N–H and O–H groups in total. The van der Waals surface area contributed by atoms with Crippen molar-refractivity contribution in [3.05, 3.63) is 53.6 Å². The van der Waals surface area contributed by atoms with Crippen LogP contribution in [0.3, 0.4) is 0 Å². The predicted octanol–water partition coefficient (Wildman–Crippen LogP) is 4.53. The lowest BCUT2D eigenvalue weighted by Gasteiger charge is -2.15. The molecule has 0 aliphatic rings. The number of hydrogen-bond acceptors (Lipinski definition) is 3. The van der Waals surface area contributed by atoms with E-state index < -0.39 is 6.10 Å². The van der Waals surface area contributed by atoms with E-state index in [1.807, 2.05) is 26.0 Å². The van der Waals surface area contributed by atoms with Crippen LogP contribution in [0, 0.1) is 0 Å². The third-order valence-electron chi connectivity index (χ3n) is 2.99. The molecule has 0 fully saturated rings. The van der Waals surface area contributed by atoms with Gasteiger partial charge in [-0.15, -0.1) is 0 Å². The van der Waals surface area contributed by atoms with Gasteiger partial charge in [-0.05, 0) is 69.3 Å². The molecule has 0 bridgehead atoms. The molecule has 2 aromatic carbocycles. The summed E-state index contributed by atoms with van der Waals surface area (Å²) in [6.07, 6.45) is -0.508. The summed E-state index contributed by atoms with van der Waals surface area (Å²) in [4.78, 5) is 12.2. The van der Waals surface area contributed by atoms with E-state index in [4.69, 9.17) is 21.1 Å². The van der Waals surface area contributed by atoms with Gasteiger partial charge in [0.2, 0.25) is 0 Å². The van der Waals surface area contributed by atoms with Gasteiger partial charge in [0.05, 0.1) is 6.10 Å². The van der Waals surface area contributed by atoms with E-state index >= 15 is 0 Å². The third-order valence-corrected chi connectivity index (χ3v) is 3.24. The van der Waals surface area contributed by atoms with Crippen molar-refractivity contribution >= 4 is 23.2 Å². The van der Waals surface area contributed by atoms with Gasteiger partial charge in [0.25, 0.3) is 5.91 Å². The third kappa shape index (κ3) is 5.49. The Balaban J connectivity index is 1.91. The molecule has 0 spiro atoms. The van der Waals surface area contributed by atoms with Crippen molar-refractivity contribution in [1.29, 1.82) is 0 Å². The SMILES string of the molecule is CC(C)Oc1ccc(NC(=O)[C@H](C)Oc2ccc(Cl)cc2)cc1. The molecular weight excluding hydrogens is 314 g/mol. The fourth-order valence-corrected chi connectivity index (χ4v) is 2.03. The van der Waals surface area contributed by atoms with Crippen molar-refractivity contribution in [1.82, 2.24) is 0 Å². The molecule has 122 valence electrons. The van der Waals surface area contributed by atoms with Crippen LogP contribution in [0.4, 0.5) is 5.69 Å². The van der Waals surface area contributed by atoms with Crippen LogP contribution in [0.15, 0.2) is 48.5 Å². The van der Waals surface area contributed by atoms with Crippen molar-refractivity contribution in [2.24, 2.45) is 0 Å². The number of rotatable bonds is 6. The topological polar surface area (TPSA) is 47.6 Å². The zero-order valence-electron chi connectivity index (χ0n) is 13.4. The first-order valence-electron chi connectivity index (χ1n) is 7.44. The number of hydrogen-bond donors (Lipinski definition) is 1. The lowest BCUT2D eigenvalue weighted by Crippen LogP contribution is -2.30. The molecule has 1 atom stereocenters. The van der Waals surface area contributed by atoms with Gasteiger partial charge in [0.1, 0.15) is 11.5 Å². The van der Waals surface area contributed by atoms with E-state index in [2.05, 4.69) is 5.32 Å². The lowest BCUT2D eigenvalue weighted by molar-refractivity contribution is -0.122. The molecule has 0 radical (unpaired) electrons. The van der Waals surface area contributed by atoms with E-state index in [1.54, 1.807) is 43.3 Å². The first kappa shape index (κ1) is 17.2. The lowest BCUT2D eigenvalue weighted by atomic mass is 10.2. The summed E-state index contributed by atoms with van der Waals surface area (Å²) >= 11 is 5.82. The van der Waals surface area contributed by atoms with Gasteiger partial charge < -0.3 is 14.8 Å². The van der Waals surface area contributed by atoms with Crippen molar-refractivity contribution in [3.8, 4) is 11.5 Å². The standard InChI is InChI=1S/C18H20ClNO3/c1-12(2)22-16-10-6-15(7-11-16)20-18(21)13(3)23-17-8-4-14(19)5-9-17/h4-13H,1-3H3,(H,20,21)/t13-/m0/s1. The van der Waals surface area contributed by atoms with Crippen LogP contribution in [0.25, 0.3) is 0 Å². The van der Waals surface area contributed by atoms with Crippen LogP contribution in [0.5, 0.6) is 11.5 Å². The molecule has 0 saturated heterocycles. The molecule has 0 aliphatic heterocycles. The molecule has 0 aromatic heterocycles.